The number of hydrogen-bond acceptors (Lipinski definition) is 2. The molecule has 0 unspecified atom stereocenters. The van der Waals surface area contributed by atoms with Crippen LogP contribution in [0, 0.1) is 6.92 Å². The molecule has 0 saturated carbocycles. The van der Waals surface area contributed by atoms with E-state index >= 15 is 0 Å². The molecule has 0 amide bonds. The molecule has 5 heteroatoms. The average molecular weight is 268 g/mol. The molecule has 0 bridgehead atoms. The number of nitrogens with one attached hydrogen (secondary N) is 1. The Hall–Kier alpha value is -2.82. The predicted octanol–water partition coefficient (Wildman–Crippen LogP) is 2.30. The number of aromatic amines is 1. The van der Waals surface area contributed by atoms with Crippen molar-refractivity contribution in [3.8, 4) is 11.1 Å². The number of aromatic carboxylic acids is 1. The van der Waals surface area contributed by atoms with E-state index in [1.807, 2.05) is 31.2 Å². The predicted molar refractivity (Wildman–Crippen MR) is 75.2 cm³/mol. The lowest BCUT2D eigenvalue weighted by Gasteiger charge is -2.05. The summed E-state index contributed by atoms with van der Waals surface area (Å²) in [7, 11) is 0. The van der Waals surface area contributed by atoms with Gasteiger partial charge in [-0.05, 0) is 18.6 Å². The highest BCUT2D eigenvalue weighted by Crippen LogP contribution is 2.26. The molecule has 0 aliphatic carbocycles. The second kappa shape index (κ2) is 4.38. The van der Waals surface area contributed by atoms with Crippen molar-refractivity contribution in [1.29, 1.82) is 0 Å². The van der Waals surface area contributed by atoms with E-state index in [1.165, 1.54) is 4.40 Å². The molecule has 0 aliphatic heterocycles. The smallest absolute Gasteiger partial charge is 0.354 e. The molecule has 3 aromatic rings. The number of rotatable bonds is 2. The molecule has 2 aromatic heterocycles. The Morgan fingerprint density at radius 3 is 2.55 bits per heavy atom. The number of nitrogens with zero attached hydrogens (tertiary/aromatic N) is 1. The summed E-state index contributed by atoms with van der Waals surface area (Å²) in [4.78, 5) is 25.4. The highest BCUT2D eigenvalue weighted by molar-refractivity contribution is 5.99. The highest BCUT2D eigenvalue weighted by Gasteiger charge is 2.17. The van der Waals surface area contributed by atoms with Crippen molar-refractivity contribution in [2.24, 2.45) is 0 Å². The molecule has 100 valence electrons. The third kappa shape index (κ3) is 1.80. The summed E-state index contributed by atoms with van der Waals surface area (Å²) in [6.07, 6.45) is 1.55. The van der Waals surface area contributed by atoms with Crippen LogP contribution in [0.5, 0.6) is 0 Å². The number of fused-ring (bicyclic) bond motifs is 1. The van der Waals surface area contributed by atoms with Gasteiger partial charge in [-0.15, -0.1) is 0 Å². The number of aromatic nitrogens is 2. The van der Waals surface area contributed by atoms with Gasteiger partial charge in [0, 0.05) is 11.8 Å². The van der Waals surface area contributed by atoms with Crippen molar-refractivity contribution < 1.29 is 9.90 Å². The van der Waals surface area contributed by atoms with Crippen LogP contribution in [0.25, 0.3) is 16.6 Å². The summed E-state index contributed by atoms with van der Waals surface area (Å²) in [6.45, 7) is 1.98. The summed E-state index contributed by atoms with van der Waals surface area (Å²) < 4.78 is 1.32. The van der Waals surface area contributed by atoms with Gasteiger partial charge in [0.05, 0.1) is 5.52 Å². The lowest BCUT2D eigenvalue weighted by atomic mass is 10.0. The maximum Gasteiger partial charge on any atom is 0.354 e. The van der Waals surface area contributed by atoms with Crippen LogP contribution in [0.15, 0.2) is 47.4 Å². The third-order valence-corrected chi connectivity index (χ3v) is 3.26. The second-order valence-corrected chi connectivity index (χ2v) is 4.62. The second-order valence-electron chi connectivity index (χ2n) is 4.62. The maximum atomic E-state index is 11.8. The molecular weight excluding hydrogens is 256 g/mol. The maximum absolute atomic E-state index is 11.8. The summed E-state index contributed by atoms with van der Waals surface area (Å²) in [5.41, 5.74) is 2.54. The van der Waals surface area contributed by atoms with Crippen molar-refractivity contribution in [2.75, 3.05) is 0 Å². The Morgan fingerprint density at radius 2 is 1.90 bits per heavy atom. The van der Waals surface area contributed by atoms with E-state index in [-0.39, 0.29) is 5.69 Å². The van der Waals surface area contributed by atoms with Crippen LogP contribution in [0.1, 0.15) is 16.1 Å². The largest absolute Gasteiger partial charge is 0.477 e. The SMILES string of the molecule is Cc1ccc(-c2cccn3c(=O)[nH]c(C(=O)O)c23)cc1. The zero-order valence-corrected chi connectivity index (χ0v) is 10.8. The molecule has 0 saturated heterocycles. The lowest BCUT2D eigenvalue weighted by Crippen LogP contribution is -2.08. The number of benzene rings is 1. The first-order chi connectivity index (χ1) is 9.58. The molecule has 0 spiro atoms. The summed E-state index contributed by atoms with van der Waals surface area (Å²) >= 11 is 0. The fourth-order valence-corrected chi connectivity index (χ4v) is 2.28. The van der Waals surface area contributed by atoms with E-state index < -0.39 is 11.7 Å². The molecule has 0 atom stereocenters. The van der Waals surface area contributed by atoms with Gasteiger partial charge in [0.25, 0.3) is 0 Å². The number of pyridine rings is 1. The van der Waals surface area contributed by atoms with Crippen LogP contribution in [-0.2, 0) is 0 Å². The minimum atomic E-state index is -1.15. The van der Waals surface area contributed by atoms with Crippen LogP contribution in [0.3, 0.4) is 0 Å². The third-order valence-electron chi connectivity index (χ3n) is 3.26. The number of hydrogen-bond donors (Lipinski definition) is 2. The molecule has 0 radical (unpaired) electrons. The van der Waals surface area contributed by atoms with E-state index in [9.17, 15) is 14.7 Å². The molecule has 2 N–H and O–H groups in total. The number of H-pyrrole nitrogens is 1. The highest BCUT2D eigenvalue weighted by atomic mass is 16.4. The van der Waals surface area contributed by atoms with Gasteiger partial charge in [-0.1, -0.05) is 35.9 Å². The van der Waals surface area contributed by atoms with E-state index in [2.05, 4.69) is 4.98 Å². The lowest BCUT2D eigenvalue weighted by molar-refractivity contribution is 0.0693. The number of carboxylic acids is 1. The van der Waals surface area contributed by atoms with E-state index in [0.29, 0.717) is 11.1 Å². The van der Waals surface area contributed by atoms with Crippen molar-refractivity contribution >= 4 is 11.5 Å². The van der Waals surface area contributed by atoms with Crippen LogP contribution in [0.2, 0.25) is 0 Å². The number of carbonyl (C=O) groups is 1. The fraction of sp³-hybridized carbons (Fsp3) is 0.0667. The first kappa shape index (κ1) is 12.2. The average Bonchev–Trinajstić information content (AvgIpc) is 2.78. The topological polar surface area (TPSA) is 74.6 Å². The van der Waals surface area contributed by atoms with Gasteiger partial charge >= 0.3 is 11.7 Å². The number of carboxylic acid groups (broad SMARTS) is 1. The minimum Gasteiger partial charge on any atom is -0.477 e. The number of imidazole rings is 1. The Morgan fingerprint density at radius 1 is 1.20 bits per heavy atom. The molecule has 20 heavy (non-hydrogen) atoms. The van der Waals surface area contributed by atoms with Crippen molar-refractivity contribution in [2.45, 2.75) is 6.92 Å². The Balaban J connectivity index is 2.39. The van der Waals surface area contributed by atoms with Crippen molar-refractivity contribution in [3.05, 3.63) is 64.3 Å². The van der Waals surface area contributed by atoms with Crippen LogP contribution < -0.4 is 5.69 Å². The first-order valence-corrected chi connectivity index (χ1v) is 6.11. The summed E-state index contributed by atoms with van der Waals surface area (Å²) in [5, 5.41) is 9.23. The first-order valence-electron chi connectivity index (χ1n) is 6.11. The molecule has 0 aliphatic rings. The fourth-order valence-electron chi connectivity index (χ4n) is 2.28. The zero-order chi connectivity index (χ0) is 14.3. The van der Waals surface area contributed by atoms with Crippen LogP contribution in [-0.4, -0.2) is 20.5 Å². The van der Waals surface area contributed by atoms with Gasteiger partial charge in [-0.3, -0.25) is 9.38 Å². The molecule has 3 rings (SSSR count). The van der Waals surface area contributed by atoms with Gasteiger partial charge < -0.3 is 5.11 Å². The van der Waals surface area contributed by atoms with E-state index in [4.69, 9.17) is 0 Å². The quantitative estimate of drug-likeness (QED) is 0.749. The molecule has 0 fully saturated rings. The van der Waals surface area contributed by atoms with Crippen molar-refractivity contribution in [3.63, 3.8) is 0 Å². The monoisotopic (exact) mass is 268 g/mol. The van der Waals surface area contributed by atoms with Gasteiger partial charge in [0.2, 0.25) is 0 Å². The minimum absolute atomic E-state index is 0.0915. The number of aryl methyl sites for hydroxylation is 1. The molecular formula is C15H12N2O3. The Kier molecular flexibility index (Phi) is 2.68. The standard InChI is InChI=1S/C15H12N2O3/c1-9-4-6-10(7-5-9)11-3-2-8-17-13(11)12(14(18)19)16-15(17)20/h2-8H,1H3,(H,16,20)(H,18,19). The summed E-state index contributed by atoms with van der Waals surface area (Å²) in [5.74, 6) is -1.15. The van der Waals surface area contributed by atoms with Gasteiger partial charge in [0.1, 0.15) is 0 Å². The Bertz CT molecular complexity index is 857. The van der Waals surface area contributed by atoms with Crippen molar-refractivity contribution in [1.82, 2.24) is 9.38 Å². The molecule has 2 heterocycles. The van der Waals surface area contributed by atoms with Gasteiger partial charge in [-0.2, -0.15) is 0 Å². The zero-order valence-electron chi connectivity index (χ0n) is 10.8. The van der Waals surface area contributed by atoms with E-state index in [0.717, 1.165) is 11.1 Å². The normalized spacial score (nSPS) is 10.8. The molecule has 5 nitrogen and oxygen atoms in total. The van der Waals surface area contributed by atoms with E-state index in [1.54, 1.807) is 18.3 Å². The van der Waals surface area contributed by atoms with Crippen LogP contribution >= 0.6 is 0 Å². The summed E-state index contributed by atoms with van der Waals surface area (Å²) in [6, 6.07) is 11.2. The molecule has 1 aromatic carbocycles. The van der Waals surface area contributed by atoms with Gasteiger partial charge in [-0.25, -0.2) is 9.59 Å². The van der Waals surface area contributed by atoms with Gasteiger partial charge in [0.15, 0.2) is 5.69 Å². The van der Waals surface area contributed by atoms with Crippen LogP contribution in [0.4, 0.5) is 0 Å². The Labute approximate surface area is 114 Å².